The second-order valence-corrected chi connectivity index (χ2v) is 9.81. The molecule has 1 N–H and O–H groups in total. The first kappa shape index (κ1) is 21.4. The second-order valence-electron chi connectivity index (χ2n) is 6.65. The zero-order chi connectivity index (χ0) is 20.5. The molecule has 1 aliphatic rings. The summed E-state index contributed by atoms with van der Waals surface area (Å²) in [4.78, 5) is 12.6. The molecule has 0 aromatic heterocycles. The van der Waals surface area contributed by atoms with E-state index >= 15 is 0 Å². The lowest BCUT2D eigenvalue weighted by Gasteiger charge is -2.31. The van der Waals surface area contributed by atoms with Gasteiger partial charge in [-0.1, -0.05) is 40.9 Å². The highest BCUT2D eigenvalue weighted by atomic mass is 35.5. The van der Waals surface area contributed by atoms with Crippen LogP contribution in [0.1, 0.15) is 18.4 Å². The fraction of sp³-hybridized carbons (Fsp3) is 0.316. The number of sulfonamides is 1. The van der Waals surface area contributed by atoms with E-state index in [2.05, 4.69) is 5.32 Å². The quantitative estimate of drug-likeness (QED) is 0.697. The molecule has 2 aromatic carbocycles. The van der Waals surface area contributed by atoms with Crippen LogP contribution < -0.4 is 5.32 Å². The minimum atomic E-state index is -3.77. The van der Waals surface area contributed by atoms with Crippen molar-refractivity contribution >= 4 is 56.4 Å². The van der Waals surface area contributed by atoms with Gasteiger partial charge in [0.05, 0.1) is 5.02 Å². The van der Waals surface area contributed by atoms with E-state index in [0.717, 1.165) is 5.56 Å². The Morgan fingerprint density at radius 3 is 2.43 bits per heavy atom. The van der Waals surface area contributed by atoms with Crippen LogP contribution in [-0.4, -0.2) is 31.7 Å². The summed E-state index contributed by atoms with van der Waals surface area (Å²) >= 11 is 18.1. The number of amides is 1. The summed E-state index contributed by atoms with van der Waals surface area (Å²) in [5, 5.41) is 3.90. The van der Waals surface area contributed by atoms with Gasteiger partial charge in [-0.2, -0.15) is 4.31 Å². The molecule has 1 heterocycles. The van der Waals surface area contributed by atoms with E-state index in [-0.39, 0.29) is 34.8 Å². The molecule has 0 atom stereocenters. The van der Waals surface area contributed by atoms with E-state index in [9.17, 15) is 13.2 Å². The van der Waals surface area contributed by atoms with Crippen molar-refractivity contribution in [3.05, 3.63) is 57.0 Å². The van der Waals surface area contributed by atoms with Crippen molar-refractivity contribution in [2.45, 2.75) is 24.7 Å². The van der Waals surface area contributed by atoms with Crippen molar-refractivity contribution < 1.29 is 13.2 Å². The van der Waals surface area contributed by atoms with Gasteiger partial charge in [-0.3, -0.25) is 4.79 Å². The molecular formula is C19H19Cl3N2O3S. The lowest BCUT2D eigenvalue weighted by molar-refractivity contribution is -0.120. The van der Waals surface area contributed by atoms with Gasteiger partial charge in [0.2, 0.25) is 15.9 Å². The van der Waals surface area contributed by atoms with Crippen LogP contribution in [0.15, 0.2) is 41.3 Å². The second kappa shape index (κ2) is 8.59. The van der Waals surface area contributed by atoms with Crippen LogP contribution in [0.5, 0.6) is 0 Å². The van der Waals surface area contributed by atoms with Gasteiger partial charge in [0.25, 0.3) is 0 Å². The number of carbonyl (C=O) groups is 1. The SMILES string of the molecule is Cc1c(Cl)cccc1NC(=O)C1CCN(S(=O)(=O)c2cc(Cl)ccc2Cl)CC1. The van der Waals surface area contributed by atoms with Gasteiger partial charge >= 0.3 is 0 Å². The third-order valence-corrected chi connectivity index (χ3v) is 7.89. The Kier molecular flexibility index (Phi) is 6.57. The topological polar surface area (TPSA) is 66.5 Å². The Hall–Kier alpha value is -1.31. The number of nitrogens with one attached hydrogen (secondary N) is 1. The number of rotatable bonds is 4. The largest absolute Gasteiger partial charge is 0.326 e. The minimum Gasteiger partial charge on any atom is -0.326 e. The molecule has 0 unspecified atom stereocenters. The molecule has 150 valence electrons. The first-order valence-electron chi connectivity index (χ1n) is 8.71. The van der Waals surface area contributed by atoms with Crippen LogP contribution in [-0.2, 0) is 14.8 Å². The van der Waals surface area contributed by atoms with Gasteiger partial charge in [0.1, 0.15) is 4.90 Å². The average Bonchev–Trinajstić information content (AvgIpc) is 2.67. The maximum Gasteiger partial charge on any atom is 0.244 e. The molecule has 0 spiro atoms. The van der Waals surface area contributed by atoms with Gasteiger partial charge in [-0.05, 0) is 55.7 Å². The summed E-state index contributed by atoms with van der Waals surface area (Å²) in [6, 6.07) is 9.67. The van der Waals surface area contributed by atoms with E-state index in [1.54, 1.807) is 18.2 Å². The van der Waals surface area contributed by atoms with Gasteiger partial charge < -0.3 is 5.32 Å². The molecule has 1 saturated heterocycles. The summed E-state index contributed by atoms with van der Waals surface area (Å²) in [5.74, 6) is -0.414. The van der Waals surface area contributed by atoms with E-state index in [1.165, 1.54) is 22.5 Å². The Balaban J connectivity index is 1.67. The highest BCUT2D eigenvalue weighted by molar-refractivity contribution is 7.89. The lowest BCUT2D eigenvalue weighted by atomic mass is 9.97. The minimum absolute atomic E-state index is 0.0147. The highest BCUT2D eigenvalue weighted by Crippen LogP contribution is 2.31. The van der Waals surface area contributed by atoms with E-state index in [0.29, 0.717) is 28.6 Å². The molecule has 5 nitrogen and oxygen atoms in total. The molecular weight excluding hydrogens is 443 g/mol. The maximum absolute atomic E-state index is 12.9. The molecule has 1 aliphatic heterocycles. The van der Waals surface area contributed by atoms with Crippen LogP contribution in [0.4, 0.5) is 5.69 Å². The number of nitrogens with zero attached hydrogens (tertiary/aromatic N) is 1. The van der Waals surface area contributed by atoms with Gasteiger partial charge in [0, 0.05) is 34.7 Å². The summed E-state index contributed by atoms with van der Waals surface area (Å²) in [5.41, 5.74) is 1.46. The molecule has 1 fully saturated rings. The Morgan fingerprint density at radius 2 is 1.75 bits per heavy atom. The third kappa shape index (κ3) is 4.47. The molecule has 0 aliphatic carbocycles. The molecule has 3 rings (SSSR count). The lowest BCUT2D eigenvalue weighted by Crippen LogP contribution is -2.41. The summed E-state index contributed by atoms with van der Waals surface area (Å²) < 4.78 is 27.1. The van der Waals surface area contributed by atoms with Crippen LogP contribution in [0.25, 0.3) is 0 Å². The van der Waals surface area contributed by atoms with Crippen molar-refractivity contribution in [1.29, 1.82) is 0 Å². The molecule has 0 bridgehead atoms. The molecule has 2 aromatic rings. The van der Waals surface area contributed by atoms with Crippen LogP contribution >= 0.6 is 34.8 Å². The number of anilines is 1. The van der Waals surface area contributed by atoms with Crippen molar-refractivity contribution in [2.75, 3.05) is 18.4 Å². The van der Waals surface area contributed by atoms with Gasteiger partial charge in [-0.25, -0.2) is 8.42 Å². The Bertz CT molecular complexity index is 1000. The number of halogens is 3. The van der Waals surface area contributed by atoms with Gasteiger partial charge in [0.15, 0.2) is 0 Å². The fourth-order valence-electron chi connectivity index (χ4n) is 3.15. The van der Waals surface area contributed by atoms with Crippen molar-refractivity contribution in [1.82, 2.24) is 4.31 Å². The zero-order valence-electron chi connectivity index (χ0n) is 15.1. The van der Waals surface area contributed by atoms with E-state index in [1.807, 2.05) is 6.92 Å². The Morgan fingerprint density at radius 1 is 1.07 bits per heavy atom. The van der Waals surface area contributed by atoms with Crippen molar-refractivity contribution in [3.8, 4) is 0 Å². The summed E-state index contributed by atoms with van der Waals surface area (Å²) in [6.07, 6.45) is 0.839. The normalized spacial score (nSPS) is 16.1. The molecule has 9 heteroatoms. The van der Waals surface area contributed by atoms with E-state index < -0.39 is 10.0 Å². The van der Waals surface area contributed by atoms with E-state index in [4.69, 9.17) is 34.8 Å². The molecule has 1 amide bonds. The van der Waals surface area contributed by atoms with Crippen molar-refractivity contribution in [2.24, 2.45) is 5.92 Å². The van der Waals surface area contributed by atoms with Crippen LogP contribution in [0.2, 0.25) is 15.1 Å². The van der Waals surface area contributed by atoms with Crippen LogP contribution in [0.3, 0.4) is 0 Å². The number of piperidine rings is 1. The first-order valence-corrected chi connectivity index (χ1v) is 11.3. The smallest absolute Gasteiger partial charge is 0.244 e. The standard InChI is InChI=1S/C19H19Cl3N2O3S/c1-12-15(21)3-2-4-17(12)23-19(25)13-7-9-24(10-8-13)28(26,27)18-11-14(20)5-6-16(18)22/h2-6,11,13H,7-10H2,1H3,(H,23,25). The zero-order valence-corrected chi connectivity index (χ0v) is 18.2. The monoisotopic (exact) mass is 460 g/mol. The predicted octanol–water partition coefficient (Wildman–Crippen LogP) is 4.99. The number of benzene rings is 2. The Labute approximate surface area is 179 Å². The fourth-order valence-corrected chi connectivity index (χ4v) is 5.53. The molecule has 0 radical (unpaired) electrons. The number of hydrogen-bond donors (Lipinski definition) is 1. The maximum atomic E-state index is 12.9. The third-order valence-electron chi connectivity index (χ3n) is 4.86. The number of carbonyl (C=O) groups excluding carboxylic acids is 1. The van der Waals surface area contributed by atoms with Crippen LogP contribution in [0, 0.1) is 12.8 Å². The predicted molar refractivity (Wildman–Crippen MR) is 113 cm³/mol. The molecule has 0 saturated carbocycles. The molecule has 28 heavy (non-hydrogen) atoms. The van der Waals surface area contributed by atoms with Crippen molar-refractivity contribution in [3.63, 3.8) is 0 Å². The van der Waals surface area contributed by atoms with Gasteiger partial charge in [-0.15, -0.1) is 0 Å². The summed E-state index contributed by atoms with van der Waals surface area (Å²) in [6.45, 7) is 2.30. The average molecular weight is 462 g/mol. The number of hydrogen-bond acceptors (Lipinski definition) is 3. The highest BCUT2D eigenvalue weighted by Gasteiger charge is 2.33. The first-order chi connectivity index (χ1) is 13.2. The summed E-state index contributed by atoms with van der Waals surface area (Å²) in [7, 11) is -3.77.